The lowest BCUT2D eigenvalue weighted by molar-refractivity contribution is -0.00115. The fraction of sp³-hybridized carbons (Fsp3) is 0.233. The summed E-state index contributed by atoms with van der Waals surface area (Å²) >= 11 is 0. The zero-order valence-electron chi connectivity index (χ0n) is 19.9. The number of carbonyl (C=O) groups is 1. The topological polar surface area (TPSA) is 44.8 Å². The molecule has 1 atom stereocenters. The van der Waals surface area contributed by atoms with Crippen LogP contribution < -0.4 is 9.47 Å². The molecule has 0 aromatic heterocycles. The molecular formula is C30H30O4. The molecule has 0 aliphatic heterocycles. The minimum absolute atomic E-state index is 0.161. The average molecular weight is 455 g/mol. The fourth-order valence-corrected chi connectivity index (χ4v) is 4.47. The maximum Gasteiger partial charge on any atom is 0.204 e. The second-order valence-corrected chi connectivity index (χ2v) is 8.05. The van der Waals surface area contributed by atoms with Gasteiger partial charge in [-0.25, -0.2) is 0 Å². The van der Waals surface area contributed by atoms with Crippen LogP contribution in [0.2, 0.25) is 0 Å². The summed E-state index contributed by atoms with van der Waals surface area (Å²) in [5, 5.41) is 1.72. The Labute approximate surface area is 201 Å². The van der Waals surface area contributed by atoms with Crippen molar-refractivity contribution in [3.8, 4) is 11.5 Å². The Morgan fingerprint density at radius 1 is 0.794 bits per heavy atom. The Morgan fingerprint density at radius 3 is 2.06 bits per heavy atom. The van der Waals surface area contributed by atoms with Crippen LogP contribution in [0.3, 0.4) is 0 Å². The van der Waals surface area contributed by atoms with Crippen LogP contribution in [0.5, 0.6) is 11.5 Å². The highest BCUT2D eigenvalue weighted by molar-refractivity contribution is 6.15. The molecule has 0 heterocycles. The summed E-state index contributed by atoms with van der Waals surface area (Å²) in [4.78, 5) is 14.7. The molecule has 0 saturated heterocycles. The minimum atomic E-state index is -1.25. The van der Waals surface area contributed by atoms with E-state index in [1.54, 1.807) is 7.11 Å². The third-order valence-corrected chi connectivity index (χ3v) is 6.03. The van der Waals surface area contributed by atoms with Gasteiger partial charge in [0.1, 0.15) is 0 Å². The summed E-state index contributed by atoms with van der Waals surface area (Å²) in [5.74, 6) is 0.855. The van der Waals surface area contributed by atoms with E-state index in [1.807, 2.05) is 105 Å². The smallest absolute Gasteiger partial charge is 0.204 e. The Balaban J connectivity index is 2.01. The molecule has 4 heteroatoms. The Bertz CT molecular complexity index is 1250. The zero-order chi connectivity index (χ0) is 24.0. The van der Waals surface area contributed by atoms with Crippen LogP contribution >= 0.6 is 0 Å². The molecule has 1 unspecified atom stereocenters. The van der Waals surface area contributed by atoms with Crippen molar-refractivity contribution >= 4 is 16.6 Å². The molecule has 0 bridgehead atoms. The van der Waals surface area contributed by atoms with Crippen LogP contribution in [0, 0.1) is 0 Å². The molecule has 0 radical (unpaired) electrons. The molecule has 0 aliphatic carbocycles. The lowest BCUT2D eigenvalue weighted by Gasteiger charge is -2.33. The highest BCUT2D eigenvalue weighted by atomic mass is 16.5. The van der Waals surface area contributed by atoms with E-state index in [9.17, 15) is 4.79 Å². The summed E-state index contributed by atoms with van der Waals surface area (Å²) in [5.41, 5.74) is 1.02. The van der Waals surface area contributed by atoms with E-state index < -0.39 is 5.60 Å². The Hall–Kier alpha value is -3.63. The first-order chi connectivity index (χ1) is 16.6. The number of rotatable bonds is 10. The van der Waals surface area contributed by atoms with Crippen molar-refractivity contribution in [1.29, 1.82) is 0 Å². The van der Waals surface area contributed by atoms with Gasteiger partial charge in [-0.2, -0.15) is 0 Å². The SMILES string of the molecule is CCOc1cc2ccccc2c(C(=O)C(Cc2ccccc2)(OC)c2ccccc2)c1OCC. The second-order valence-electron chi connectivity index (χ2n) is 8.05. The number of Topliss-reactive ketones (excluding diaryl/α,β-unsaturated/α-hetero) is 1. The molecule has 34 heavy (non-hydrogen) atoms. The molecule has 0 aliphatic rings. The highest BCUT2D eigenvalue weighted by Gasteiger charge is 2.43. The highest BCUT2D eigenvalue weighted by Crippen LogP contribution is 2.43. The van der Waals surface area contributed by atoms with Gasteiger partial charge in [-0.15, -0.1) is 0 Å². The van der Waals surface area contributed by atoms with Crippen LogP contribution in [-0.4, -0.2) is 26.1 Å². The van der Waals surface area contributed by atoms with Gasteiger partial charge >= 0.3 is 0 Å². The average Bonchev–Trinajstić information content (AvgIpc) is 2.88. The molecule has 0 fully saturated rings. The van der Waals surface area contributed by atoms with Crippen molar-refractivity contribution in [3.05, 3.63) is 108 Å². The molecular weight excluding hydrogens is 424 g/mol. The molecule has 4 rings (SSSR count). The number of ether oxygens (including phenoxy) is 3. The monoisotopic (exact) mass is 454 g/mol. The fourth-order valence-electron chi connectivity index (χ4n) is 4.47. The van der Waals surface area contributed by atoms with Gasteiger partial charge in [-0.3, -0.25) is 4.79 Å². The predicted molar refractivity (Wildman–Crippen MR) is 136 cm³/mol. The van der Waals surface area contributed by atoms with Crippen molar-refractivity contribution in [2.24, 2.45) is 0 Å². The number of hydrogen-bond acceptors (Lipinski definition) is 4. The summed E-state index contributed by atoms with van der Waals surface area (Å²) in [6, 6.07) is 29.4. The van der Waals surface area contributed by atoms with E-state index in [4.69, 9.17) is 14.2 Å². The van der Waals surface area contributed by atoms with Crippen LogP contribution in [0.15, 0.2) is 91.0 Å². The summed E-state index contributed by atoms with van der Waals surface area (Å²) in [6.45, 7) is 4.70. The van der Waals surface area contributed by atoms with Gasteiger partial charge < -0.3 is 14.2 Å². The van der Waals surface area contributed by atoms with Crippen LogP contribution in [0.1, 0.15) is 35.3 Å². The van der Waals surface area contributed by atoms with Crippen LogP contribution in [-0.2, 0) is 16.8 Å². The Kier molecular flexibility index (Phi) is 7.29. The van der Waals surface area contributed by atoms with Crippen LogP contribution in [0.25, 0.3) is 10.8 Å². The van der Waals surface area contributed by atoms with Gasteiger partial charge in [0.2, 0.25) is 5.78 Å². The standard InChI is InChI=1S/C30H30O4/c1-4-33-26-20-23-16-12-13-19-25(23)27(28(26)34-5-2)29(31)30(32-3,24-17-10-7-11-18-24)21-22-14-8-6-9-15-22/h6-20H,4-5,21H2,1-3H3. The van der Waals surface area contributed by atoms with Crippen molar-refractivity contribution in [2.75, 3.05) is 20.3 Å². The number of ketones is 1. The van der Waals surface area contributed by atoms with Crippen molar-refractivity contribution in [3.63, 3.8) is 0 Å². The molecule has 0 saturated carbocycles. The molecule has 0 spiro atoms. The van der Waals surface area contributed by atoms with Crippen molar-refractivity contribution in [1.82, 2.24) is 0 Å². The van der Waals surface area contributed by atoms with E-state index in [-0.39, 0.29) is 5.78 Å². The van der Waals surface area contributed by atoms with E-state index in [1.165, 1.54) is 0 Å². The predicted octanol–water partition coefficient (Wildman–Crippen LogP) is 6.60. The maximum atomic E-state index is 14.7. The van der Waals surface area contributed by atoms with Crippen LogP contribution in [0.4, 0.5) is 0 Å². The lowest BCUT2D eigenvalue weighted by Crippen LogP contribution is -2.40. The van der Waals surface area contributed by atoms with Gasteiger partial charge in [0.15, 0.2) is 17.1 Å². The van der Waals surface area contributed by atoms with Crippen molar-refractivity contribution < 1.29 is 19.0 Å². The zero-order valence-corrected chi connectivity index (χ0v) is 19.9. The second kappa shape index (κ2) is 10.5. The number of carbonyl (C=O) groups excluding carboxylic acids is 1. The quantitative estimate of drug-likeness (QED) is 0.253. The Morgan fingerprint density at radius 2 is 1.41 bits per heavy atom. The number of hydrogen-bond donors (Lipinski definition) is 0. The van der Waals surface area contributed by atoms with Gasteiger partial charge in [-0.05, 0) is 41.8 Å². The normalized spacial score (nSPS) is 12.8. The van der Waals surface area contributed by atoms with Gasteiger partial charge in [0.25, 0.3) is 0 Å². The number of fused-ring (bicyclic) bond motifs is 1. The number of methoxy groups -OCH3 is 1. The van der Waals surface area contributed by atoms with Crippen molar-refractivity contribution in [2.45, 2.75) is 25.9 Å². The first kappa shape index (κ1) is 23.5. The van der Waals surface area contributed by atoms with E-state index >= 15 is 0 Å². The first-order valence-corrected chi connectivity index (χ1v) is 11.6. The first-order valence-electron chi connectivity index (χ1n) is 11.6. The molecule has 4 aromatic carbocycles. The molecule has 174 valence electrons. The molecule has 0 amide bonds. The van der Waals surface area contributed by atoms with E-state index in [0.717, 1.165) is 21.9 Å². The number of benzene rings is 4. The van der Waals surface area contributed by atoms with Gasteiger partial charge in [0.05, 0.1) is 18.8 Å². The largest absolute Gasteiger partial charge is 0.490 e. The third-order valence-electron chi connectivity index (χ3n) is 6.03. The summed E-state index contributed by atoms with van der Waals surface area (Å²) < 4.78 is 18.2. The van der Waals surface area contributed by atoms with E-state index in [2.05, 4.69) is 0 Å². The lowest BCUT2D eigenvalue weighted by atomic mass is 9.79. The van der Waals surface area contributed by atoms with Gasteiger partial charge in [0, 0.05) is 13.5 Å². The van der Waals surface area contributed by atoms with E-state index in [0.29, 0.717) is 36.7 Å². The minimum Gasteiger partial charge on any atom is -0.490 e. The third kappa shape index (κ3) is 4.42. The summed E-state index contributed by atoms with van der Waals surface area (Å²) in [6.07, 6.45) is 0.381. The van der Waals surface area contributed by atoms with Gasteiger partial charge in [-0.1, -0.05) is 84.9 Å². The molecule has 4 nitrogen and oxygen atoms in total. The molecule has 4 aromatic rings. The maximum absolute atomic E-state index is 14.7. The summed E-state index contributed by atoms with van der Waals surface area (Å²) in [7, 11) is 1.60. The molecule has 0 N–H and O–H groups in total.